The zero-order valence-corrected chi connectivity index (χ0v) is 17.2. The molecule has 2 saturated carbocycles. The normalized spacial score (nSPS) is 30.0. The predicted octanol–water partition coefficient (Wildman–Crippen LogP) is 5.68. The van der Waals surface area contributed by atoms with Crippen LogP contribution in [0, 0.1) is 23.7 Å². The Morgan fingerprint density at radius 1 is 1.22 bits per heavy atom. The highest BCUT2D eigenvalue weighted by Gasteiger charge is 2.44. The Kier molecular flexibility index (Phi) is 7.83. The smallest absolute Gasteiger partial charge is 0.303 e. The Hall–Kier alpha value is -1.26. The lowest BCUT2D eigenvalue weighted by Crippen LogP contribution is -2.40. The van der Waals surface area contributed by atoms with E-state index >= 15 is 0 Å². The summed E-state index contributed by atoms with van der Waals surface area (Å²) >= 11 is 1.86. The second kappa shape index (κ2) is 10.3. The van der Waals surface area contributed by atoms with E-state index < -0.39 is 5.97 Å². The van der Waals surface area contributed by atoms with Gasteiger partial charge in [-0.25, -0.2) is 0 Å². The fourth-order valence-corrected chi connectivity index (χ4v) is 5.99. The van der Waals surface area contributed by atoms with Gasteiger partial charge in [0.15, 0.2) is 0 Å². The van der Waals surface area contributed by atoms with Crippen LogP contribution in [-0.4, -0.2) is 17.1 Å². The fourth-order valence-electron chi connectivity index (χ4n) is 5.06. The maximum Gasteiger partial charge on any atom is 0.303 e. The molecule has 2 bridgehead atoms. The quantitative estimate of drug-likeness (QED) is 0.308. The number of hydrogen-bond acceptors (Lipinski definition) is 3. The fraction of sp³-hybridized carbons (Fsp3) is 0.609. The van der Waals surface area contributed by atoms with Crippen LogP contribution >= 0.6 is 11.9 Å². The number of unbranched alkanes of at least 4 members (excludes halogenated alkanes) is 1. The molecule has 4 heteroatoms. The van der Waals surface area contributed by atoms with Crippen LogP contribution in [0.4, 0.5) is 0 Å². The van der Waals surface area contributed by atoms with Gasteiger partial charge < -0.3 is 5.11 Å². The number of aliphatic carboxylic acids is 1. The SMILES string of the molecule is CC1C[C@H]2C[C@H](NSCc3ccccc3)[C@@H](C/C=C\CCCC(=O)O)[C@@H]1C2. The molecular formula is C23H33NO2S. The van der Waals surface area contributed by atoms with Crippen LogP contribution in [0.15, 0.2) is 42.5 Å². The summed E-state index contributed by atoms with van der Waals surface area (Å²) in [5.74, 6) is 3.60. The Labute approximate surface area is 168 Å². The summed E-state index contributed by atoms with van der Waals surface area (Å²) in [7, 11) is 0. The first kappa shape index (κ1) is 20.5. The molecule has 3 nitrogen and oxygen atoms in total. The summed E-state index contributed by atoms with van der Waals surface area (Å²) in [6.07, 6.45) is 11.6. The molecule has 2 aliphatic carbocycles. The minimum Gasteiger partial charge on any atom is -0.481 e. The zero-order chi connectivity index (χ0) is 19.1. The summed E-state index contributed by atoms with van der Waals surface area (Å²) in [6.45, 7) is 2.44. The Morgan fingerprint density at radius 3 is 2.81 bits per heavy atom. The minimum absolute atomic E-state index is 0.273. The average molecular weight is 388 g/mol. The maximum atomic E-state index is 10.6. The van der Waals surface area contributed by atoms with Gasteiger partial charge in [-0.05, 0) is 67.8 Å². The Balaban J connectivity index is 1.50. The highest BCUT2D eigenvalue weighted by Crippen LogP contribution is 2.50. The van der Waals surface area contributed by atoms with E-state index in [1.807, 2.05) is 11.9 Å². The molecule has 2 aliphatic rings. The first-order valence-corrected chi connectivity index (χ1v) is 11.4. The van der Waals surface area contributed by atoms with Gasteiger partial charge in [0.1, 0.15) is 0 Å². The van der Waals surface area contributed by atoms with Crippen molar-refractivity contribution in [1.29, 1.82) is 0 Å². The molecule has 27 heavy (non-hydrogen) atoms. The summed E-state index contributed by atoms with van der Waals surface area (Å²) in [4.78, 5) is 10.6. The van der Waals surface area contributed by atoms with Crippen molar-refractivity contribution in [2.75, 3.05) is 0 Å². The average Bonchev–Trinajstić information content (AvgIpc) is 2.95. The number of benzene rings is 1. The number of hydrogen-bond donors (Lipinski definition) is 2. The third-order valence-corrected chi connectivity index (χ3v) is 7.30. The highest BCUT2D eigenvalue weighted by molar-refractivity contribution is 7.96. The molecule has 0 spiro atoms. The first-order valence-electron chi connectivity index (χ1n) is 10.4. The standard InChI is InChI=1S/C23H33NO2S/c1-17-13-19-14-21(17)20(11-7-2-3-8-12-23(25)26)22(15-19)24-27-16-18-9-5-4-6-10-18/h2,4-7,9-10,17,19-22,24H,3,8,11-16H2,1H3,(H,25,26)/b7-2-/t17?,19-,20+,21-,22+/m1/s1. The molecule has 0 aromatic heterocycles. The van der Waals surface area contributed by atoms with Crippen molar-refractivity contribution < 1.29 is 9.90 Å². The molecule has 1 aromatic carbocycles. The summed E-state index contributed by atoms with van der Waals surface area (Å²) in [6, 6.07) is 11.3. The third-order valence-electron chi connectivity index (χ3n) is 6.35. The molecule has 2 fully saturated rings. The van der Waals surface area contributed by atoms with Crippen LogP contribution in [-0.2, 0) is 10.5 Å². The van der Waals surface area contributed by atoms with Gasteiger partial charge in [0.2, 0.25) is 0 Å². The Bertz CT molecular complexity index is 618. The molecule has 1 unspecified atom stereocenters. The molecular weight excluding hydrogens is 354 g/mol. The monoisotopic (exact) mass is 387 g/mol. The van der Waals surface area contributed by atoms with Crippen molar-refractivity contribution in [2.45, 2.75) is 63.7 Å². The lowest BCUT2D eigenvalue weighted by molar-refractivity contribution is -0.137. The number of carbonyl (C=O) groups is 1. The molecule has 0 heterocycles. The Morgan fingerprint density at radius 2 is 2.04 bits per heavy atom. The van der Waals surface area contributed by atoms with E-state index in [1.54, 1.807) is 0 Å². The van der Waals surface area contributed by atoms with Crippen LogP contribution in [0.3, 0.4) is 0 Å². The van der Waals surface area contributed by atoms with Gasteiger partial charge in [-0.3, -0.25) is 9.52 Å². The van der Waals surface area contributed by atoms with Gasteiger partial charge >= 0.3 is 5.97 Å². The van der Waals surface area contributed by atoms with Crippen LogP contribution in [0.1, 0.15) is 57.4 Å². The van der Waals surface area contributed by atoms with Crippen molar-refractivity contribution in [1.82, 2.24) is 4.72 Å². The van der Waals surface area contributed by atoms with Gasteiger partial charge in [-0.1, -0.05) is 61.4 Å². The summed E-state index contributed by atoms with van der Waals surface area (Å²) in [5, 5.41) is 8.74. The third kappa shape index (κ3) is 6.11. The lowest BCUT2D eigenvalue weighted by atomic mass is 9.73. The summed E-state index contributed by atoms with van der Waals surface area (Å²) in [5.41, 5.74) is 1.37. The number of fused-ring (bicyclic) bond motifs is 2. The van der Waals surface area contributed by atoms with Crippen LogP contribution in [0.5, 0.6) is 0 Å². The van der Waals surface area contributed by atoms with Crippen molar-refractivity contribution >= 4 is 17.9 Å². The molecule has 2 N–H and O–H groups in total. The maximum absolute atomic E-state index is 10.6. The van der Waals surface area contributed by atoms with E-state index in [0.29, 0.717) is 12.0 Å². The number of allylic oxidation sites excluding steroid dienone is 2. The van der Waals surface area contributed by atoms with E-state index in [2.05, 4.69) is 54.1 Å². The molecule has 148 valence electrons. The van der Waals surface area contributed by atoms with Gasteiger partial charge in [-0.2, -0.15) is 0 Å². The first-order chi connectivity index (χ1) is 13.1. The molecule has 0 aliphatic heterocycles. The number of rotatable bonds is 10. The number of carboxylic acids is 1. The van der Waals surface area contributed by atoms with Crippen molar-refractivity contribution in [2.24, 2.45) is 23.7 Å². The van der Waals surface area contributed by atoms with E-state index in [0.717, 1.165) is 42.8 Å². The number of carboxylic acid groups (broad SMARTS) is 1. The van der Waals surface area contributed by atoms with Gasteiger partial charge in [-0.15, -0.1) is 0 Å². The predicted molar refractivity (Wildman–Crippen MR) is 113 cm³/mol. The highest BCUT2D eigenvalue weighted by atomic mass is 32.2. The lowest BCUT2D eigenvalue weighted by Gasteiger charge is -2.37. The molecule has 0 amide bonds. The van der Waals surface area contributed by atoms with E-state index in [4.69, 9.17) is 5.11 Å². The van der Waals surface area contributed by atoms with Gasteiger partial charge in [0, 0.05) is 18.2 Å². The minimum atomic E-state index is -0.693. The largest absolute Gasteiger partial charge is 0.481 e. The van der Waals surface area contributed by atoms with Crippen LogP contribution in [0.25, 0.3) is 0 Å². The van der Waals surface area contributed by atoms with Crippen molar-refractivity contribution in [3.8, 4) is 0 Å². The topological polar surface area (TPSA) is 49.3 Å². The zero-order valence-electron chi connectivity index (χ0n) is 16.3. The van der Waals surface area contributed by atoms with Gasteiger partial charge in [0.25, 0.3) is 0 Å². The van der Waals surface area contributed by atoms with Gasteiger partial charge in [0.05, 0.1) is 0 Å². The number of nitrogens with one attached hydrogen (secondary N) is 1. The molecule has 0 radical (unpaired) electrons. The molecule has 1 aromatic rings. The molecule has 0 saturated heterocycles. The van der Waals surface area contributed by atoms with Crippen molar-refractivity contribution in [3.05, 3.63) is 48.0 Å². The summed E-state index contributed by atoms with van der Waals surface area (Å²) < 4.78 is 3.81. The van der Waals surface area contributed by atoms with Crippen LogP contribution < -0.4 is 4.72 Å². The second-order valence-electron chi connectivity index (χ2n) is 8.37. The van der Waals surface area contributed by atoms with Crippen LogP contribution in [0.2, 0.25) is 0 Å². The van der Waals surface area contributed by atoms with E-state index in [9.17, 15) is 4.79 Å². The van der Waals surface area contributed by atoms with E-state index in [1.165, 1.54) is 24.8 Å². The van der Waals surface area contributed by atoms with E-state index in [-0.39, 0.29) is 6.42 Å². The van der Waals surface area contributed by atoms with Crippen molar-refractivity contribution in [3.63, 3.8) is 0 Å². The second-order valence-corrected chi connectivity index (χ2v) is 9.18. The molecule has 3 rings (SSSR count). The molecule has 5 atom stereocenters.